The zero-order valence-electron chi connectivity index (χ0n) is 6.43. The van der Waals surface area contributed by atoms with Gasteiger partial charge in [-0.25, -0.2) is 0 Å². The van der Waals surface area contributed by atoms with Crippen molar-refractivity contribution in [2.24, 2.45) is 0 Å². The molecule has 1 aromatic carbocycles. The molecular formula is C7H7N2O2S+. The average Bonchev–Trinajstić information content (AvgIpc) is 2.05. The van der Waals surface area contributed by atoms with Crippen LogP contribution in [0.4, 0.5) is 0 Å². The predicted molar refractivity (Wildman–Crippen MR) is 43.4 cm³/mol. The minimum absolute atomic E-state index is 0.00463. The Morgan fingerprint density at radius 1 is 1.42 bits per heavy atom. The van der Waals surface area contributed by atoms with Crippen LogP contribution in [0.15, 0.2) is 29.2 Å². The van der Waals surface area contributed by atoms with Crippen molar-refractivity contribution in [1.29, 1.82) is 5.39 Å². The summed E-state index contributed by atoms with van der Waals surface area (Å²) in [5.74, 6) is 0. The Bertz CT molecular complexity index is 431. The summed E-state index contributed by atoms with van der Waals surface area (Å²) in [4.78, 5) is 0.00463. The molecule has 0 aliphatic rings. The number of rotatable bonds is 1. The number of diazo groups is 1. The third kappa shape index (κ3) is 1.60. The van der Waals surface area contributed by atoms with Crippen molar-refractivity contribution >= 4 is 10.0 Å². The first-order chi connectivity index (χ1) is 5.56. The Labute approximate surface area is 70.5 Å². The molecule has 0 fully saturated rings. The maximum atomic E-state index is 10.9. The Morgan fingerprint density at radius 3 is 2.58 bits per heavy atom. The van der Waals surface area contributed by atoms with Gasteiger partial charge in [0.2, 0.25) is 5.39 Å². The lowest BCUT2D eigenvalue weighted by Crippen LogP contribution is -1.93. The topological polar surface area (TPSA) is 62.3 Å². The van der Waals surface area contributed by atoms with Gasteiger partial charge in [0.15, 0.2) is 4.90 Å². The van der Waals surface area contributed by atoms with Gasteiger partial charge in [-0.2, -0.15) is 0 Å². The van der Waals surface area contributed by atoms with E-state index in [0.29, 0.717) is 0 Å². The van der Waals surface area contributed by atoms with Gasteiger partial charge in [-0.05, 0) is 24.6 Å². The third-order valence-electron chi connectivity index (χ3n) is 1.39. The summed E-state index contributed by atoms with van der Waals surface area (Å²) >= 11 is 0. The summed E-state index contributed by atoms with van der Waals surface area (Å²) in [6.07, 6.45) is 0. The van der Waals surface area contributed by atoms with Crippen LogP contribution < -0.4 is 0 Å². The molecule has 0 aliphatic heterocycles. The van der Waals surface area contributed by atoms with Crippen LogP contribution in [0.25, 0.3) is 4.38 Å². The number of hydrogen-bond acceptors (Lipinski definition) is 3. The lowest BCUT2D eigenvalue weighted by Gasteiger charge is -1.89. The molecule has 0 aromatic heterocycles. The van der Waals surface area contributed by atoms with Gasteiger partial charge in [0.25, 0.3) is 4.38 Å². The maximum absolute atomic E-state index is 10.9. The van der Waals surface area contributed by atoms with Crippen molar-refractivity contribution in [3.05, 3.63) is 34.2 Å². The number of benzene rings is 1. The van der Waals surface area contributed by atoms with E-state index in [1.165, 1.54) is 12.1 Å². The quantitative estimate of drug-likeness (QED) is 0.620. The van der Waals surface area contributed by atoms with Crippen molar-refractivity contribution in [3.63, 3.8) is 0 Å². The second-order valence-electron chi connectivity index (χ2n) is 2.37. The van der Waals surface area contributed by atoms with E-state index in [4.69, 9.17) is 5.39 Å². The van der Waals surface area contributed by atoms with Crippen LogP contribution in [0.2, 0.25) is 0 Å². The molecule has 1 aromatic rings. The summed E-state index contributed by atoms with van der Waals surface area (Å²) < 4.78 is 24.2. The molecule has 4 nitrogen and oxygen atoms in total. The summed E-state index contributed by atoms with van der Waals surface area (Å²) in [5.41, 5.74) is 0.805. The average molecular weight is 183 g/mol. The number of sulfonamides is 1. The minimum atomic E-state index is -3.84. The van der Waals surface area contributed by atoms with Crippen molar-refractivity contribution in [3.8, 4) is 0 Å². The standard InChI is InChI=1S/C7H7N2O2S/c1-6-3-2-4-7(5-6)12(10,11)9-8/h2-5H,1H3/q+1. The number of hydrogen-bond donors (Lipinski definition) is 0. The molecule has 62 valence electrons. The molecule has 0 atom stereocenters. The summed E-state index contributed by atoms with van der Waals surface area (Å²) in [6.45, 7) is 1.76. The number of nitrogens with zero attached hydrogens (tertiary/aromatic N) is 2. The lowest BCUT2D eigenvalue weighted by atomic mass is 10.2. The van der Waals surface area contributed by atoms with Gasteiger partial charge in [0.1, 0.15) is 0 Å². The van der Waals surface area contributed by atoms with Crippen molar-refractivity contribution in [2.75, 3.05) is 0 Å². The molecule has 0 radical (unpaired) electrons. The molecule has 0 N–H and O–H groups in total. The van der Waals surface area contributed by atoms with E-state index >= 15 is 0 Å². The fourth-order valence-electron chi connectivity index (χ4n) is 0.823. The van der Waals surface area contributed by atoms with Gasteiger partial charge in [0.05, 0.1) is 0 Å². The van der Waals surface area contributed by atoms with E-state index in [1.807, 2.05) is 0 Å². The van der Waals surface area contributed by atoms with Crippen LogP contribution in [0.5, 0.6) is 0 Å². The Balaban J connectivity index is 3.33. The van der Waals surface area contributed by atoms with Gasteiger partial charge in [0, 0.05) is 0 Å². The summed E-state index contributed by atoms with van der Waals surface area (Å²) in [7, 11) is -3.84. The summed E-state index contributed by atoms with van der Waals surface area (Å²) in [6, 6.07) is 6.17. The second kappa shape index (κ2) is 2.91. The molecule has 0 amide bonds. The summed E-state index contributed by atoms with van der Waals surface area (Å²) in [5, 5.41) is 8.18. The molecule has 0 bridgehead atoms. The van der Waals surface area contributed by atoms with Crippen LogP contribution in [0.1, 0.15) is 5.56 Å². The highest BCUT2D eigenvalue weighted by atomic mass is 32.2. The van der Waals surface area contributed by atoms with E-state index in [0.717, 1.165) is 5.56 Å². The normalized spacial score (nSPS) is 10.7. The molecule has 0 saturated carbocycles. The lowest BCUT2D eigenvalue weighted by molar-refractivity contribution is 0.603. The van der Waals surface area contributed by atoms with Crippen LogP contribution in [0.3, 0.4) is 0 Å². The largest absolute Gasteiger partial charge is 0.552 e. The van der Waals surface area contributed by atoms with Gasteiger partial charge >= 0.3 is 10.0 Å². The zero-order chi connectivity index (χ0) is 9.19. The van der Waals surface area contributed by atoms with E-state index in [2.05, 4.69) is 4.38 Å². The first kappa shape index (κ1) is 8.68. The highest BCUT2D eigenvalue weighted by Crippen LogP contribution is 2.12. The van der Waals surface area contributed by atoms with Crippen molar-refractivity contribution < 1.29 is 8.42 Å². The number of aryl methyl sites for hydroxylation is 1. The van der Waals surface area contributed by atoms with E-state index in [9.17, 15) is 8.42 Å². The fourth-order valence-corrected chi connectivity index (χ4v) is 1.50. The van der Waals surface area contributed by atoms with Crippen LogP contribution in [-0.2, 0) is 10.0 Å². The Hall–Kier alpha value is -1.41. The monoisotopic (exact) mass is 183 g/mol. The predicted octanol–water partition coefficient (Wildman–Crippen LogP) is 1.54. The zero-order valence-corrected chi connectivity index (χ0v) is 7.25. The van der Waals surface area contributed by atoms with E-state index in [-0.39, 0.29) is 4.90 Å². The second-order valence-corrected chi connectivity index (χ2v) is 3.96. The molecule has 0 saturated heterocycles. The SMILES string of the molecule is Cc1cccc(S(=O)(=O)[N+]#N)c1. The third-order valence-corrected chi connectivity index (χ3v) is 2.46. The van der Waals surface area contributed by atoms with Crippen LogP contribution in [-0.4, -0.2) is 8.42 Å². The molecule has 0 unspecified atom stereocenters. The minimum Gasteiger partial charge on any atom is -0.141 e. The van der Waals surface area contributed by atoms with E-state index < -0.39 is 10.0 Å². The smallest absolute Gasteiger partial charge is 0.141 e. The molecule has 0 spiro atoms. The highest BCUT2D eigenvalue weighted by Gasteiger charge is 2.26. The van der Waals surface area contributed by atoms with Gasteiger partial charge < -0.3 is 0 Å². The molecule has 1 rings (SSSR count). The first-order valence-electron chi connectivity index (χ1n) is 3.24. The van der Waals surface area contributed by atoms with Gasteiger partial charge in [-0.3, -0.25) is 0 Å². The van der Waals surface area contributed by atoms with Crippen molar-refractivity contribution in [2.45, 2.75) is 11.8 Å². The Kier molecular flexibility index (Phi) is 2.11. The molecule has 0 heterocycles. The molecule has 0 aliphatic carbocycles. The first-order valence-corrected chi connectivity index (χ1v) is 4.68. The van der Waals surface area contributed by atoms with Crippen LogP contribution >= 0.6 is 0 Å². The fraction of sp³-hybridized carbons (Fsp3) is 0.143. The van der Waals surface area contributed by atoms with Gasteiger partial charge in [-0.1, -0.05) is 12.1 Å². The van der Waals surface area contributed by atoms with Gasteiger partial charge in [-0.15, -0.1) is 8.42 Å². The molecule has 5 heteroatoms. The molecule has 12 heavy (non-hydrogen) atoms. The Morgan fingerprint density at radius 2 is 2.08 bits per heavy atom. The van der Waals surface area contributed by atoms with E-state index in [1.54, 1.807) is 19.1 Å². The molecular weight excluding hydrogens is 176 g/mol. The highest BCUT2D eigenvalue weighted by molar-refractivity contribution is 7.93. The van der Waals surface area contributed by atoms with Crippen LogP contribution in [0, 0.1) is 12.3 Å². The maximum Gasteiger partial charge on any atom is 0.552 e. The van der Waals surface area contributed by atoms with Crippen molar-refractivity contribution in [1.82, 2.24) is 0 Å².